The van der Waals surface area contributed by atoms with Crippen molar-refractivity contribution in [3.8, 4) is 0 Å². The Morgan fingerprint density at radius 1 is 1.48 bits per heavy atom. The molecule has 1 aliphatic carbocycles. The lowest BCUT2D eigenvalue weighted by atomic mass is 9.78. The molecule has 0 radical (unpaired) electrons. The Balaban J connectivity index is 1.78. The van der Waals surface area contributed by atoms with Crippen LogP contribution in [0.25, 0.3) is 0 Å². The van der Waals surface area contributed by atoms with Gasteiger partial charge in [0.15, 0.2) is 5.60 Å². The fourth-order valence-corrected chi connectivity index (χ4v) is 3.74. The summed E-state index contributed by atoms with van der Waals surface area (Å²) in [4.78, 5) is 23.8. The van der Waals surface area contributed by atoms with E-state index in [9.17, 15) is 9.59 Å². The maximum Gasteiger partial charge on any atom is 0.337 e. The van der Waals surface area contributed by atoms with Crippen LogP contribution in [-0.2, 0) is 28.5 Å². The molecule has 0 aromatic heterocycles. The number of carbonyl (C=O) groups excluding carboxylic acids is 2. The quantitative estimate of drug-likeness (QED) is 0.405. The van der Waals surface area contributed by atoms with Crippen LogP contribution >= 0.6 is 0 Å². The second-order valence-electron chi connectivity index (χ2n) is 5.48. The normalized spacial score (nSPS) is 44.0. The molecule has 0 amide bonds. The molecule has 21 heavy (non-hydrogen) atoms. The highest BCUT2D eigenvalue weighted by atomic mass is 16.7. The number of allylic oxidation sites excluding steroid dienone is 2. The molecule has 0 aromatic carbocycles. The molecule has 4 aliphatic rings. The van der Waals surface area contributed by atoms with E-state index in [1.165, 1.54) is 13.4 Å². The van der Waals surface area contributed by atoms with Crippen molar-refractivity contribution in [3.05, 3.63) is 35.6 Å². The number of ether oxygens (including phenoxy) is 4. The maximum atomic E-state index is 12.0. The van der Waals surface area contributed by atoms with Crippen molar-refractivity contribution in [2.45, 2.75) is 24.9 Å². The van der Waals surface area contributed by atoms with Crippen LogP contribution in [0.15, 0.2) is 35.6 Å². The van der Waals surface area contributed by atoms with Gasteiger partial charge in [0.2, 0.25) is 6.29 Å². The standard InChI is InChI=1S/C15H14O6/c1-3-7-11-15(21-13(7)17)5-4-8-9(12(16)18-2)6-19-14(20-11)10(8)15/h3-6,8,10-11,14H,1-2H3/b7-3+/t8-,10-,11+,14-,15+/m1/s1. The fourth-order valence-electron chi connectivity index (χ4n) is 3.74. The number of methoxy groups -OCH3 is 1. The van der Waals surface area contributed by atoms with Crippen molar-refractivity contribution < 1.29 is 28.5 Å². The van der Waals surface area contributed by atoms with E-state index in [2.05, 4.69) is 0 Å². The van der Waals surface area contributed by atoms with E-state index in [0.717, 1.165) is 0 Å². The molecule has 1 spiro atoms. The summed E-state index contributed by atoms with van der Waals surface area (Å²) in [6, 6.07) is 0. The van der Waals surface area contributed by atoms with Gasteiger partial charge < -0.3 is 18.9 Å². The summed E-state index contributed by atoms with van der Waals surface area (Å²) < 4.78 is 21.8. The lowest BCUT2D eigenvalue weighted by Gasteiger charge is -2.32. The van der Waals surface area contributed by atoms with E-state index >= 15 is 0 Å². The van der Waals surface area contributed by atoms with Crippen LogP contribution in [0.1, 0.15) is 6.92 Å². The minimum absolute atomic E-state index is 0.231. The molecule has 0 N–H and O–H groups in total. The summed E-state index contributed by atoms with van der Waals surface area (Å²) in [6.07, 6.45) is 5.77. The zero-order valence-corrected chi connectivity index (χ0v) is 11.6. The number of esters is 2. The highest BCUT2D eigenvalue weighted by Crippen LogP contribution is 2.57. The number of rotatable bonds is 1. The minimum Gasteiger partial charge on any atom is -0.471 e. The summed E-state index contributed by atoms with van der Waals surface area (Å²) in [5.41, 5.74) is 0.0425. The topological polar surface area (TPSA) is 71.1 Å². The van der Waals surface area contributed by atoms with Gasteiger partial charge >= 0.3 is 11.9 Å². The summed E-state index contributed by atoms with van der Waals surface area (Å²) in [6.45, 7) is 1.77. The Labute approximate surface area is 121 Å². The lowest BCUT2D eigenvalue weighted by molar-refractivity contribution is -0.152. The largest absolute Gasteiger partial charge is 0.471 e. The highest BCUT2D eigenvalue weighted by Gasteiger charge is 2.70. The van der Waals surface area contributed by atoms with Gasteiger partial charge in [-0.1, -0.05) is 12.2 Å². The maximum absolute atomic E-state index is 12.0. The van der Waals surface area contributed by atoms with Crippen LogP contribution in [0.5, 0.6) is 0 Å². The van der Waals surface area contributed by atoms with Crippen molar-refractivity contribution in [2.75, 3.05) is 7.11 Å². The Bertz CT molecular complexity index is 630. The molecule has 2 fully saturated rings. The predicted molar refractivity (Wildman–Crippen MR) is 68.5 cm³/mol. The van der Waals surface area contributed by atoms with Gasteiger partial charge in [0, 0.05) is 5.92 Å². The number of hydrogen-bond acceptors (Lipinski definition) is 6. The van der Waals surface area contributed by atoms with Crippen LogP contribution in [0, 0.1) is 11.8 Å². The third kappa shape index (κ3) is 1.35. The second-order valence-corrected chi connectivity index (χ2v) is 5.48. The molecule has 3 aliphatic heterocycles. The Morgan fingerprint density at radius 2 is 2.29 bits per heavy atom. The first-order valence-corrected chi connectivity index (χ1v) is 6.80. The average Bonchev–Trinajstić information content (AvgIpc) is 3.08. The molecule has 4 rings (SSSR count). The monoisotopic (exact) mass is 290 g/mol. The van der Waals surface area contributed by atoms with E-state index in [0.29, 0.717) is 11.1 Å². The molecule has 2 saturated heterocycles. The van der Waals surface area contributed by atoms with Crippen molar-refractivity contribution in [1.82, 2.24) is 0 Å². The Morgan fingerprint density at radius 3 is 3.00 bits per heavy atom. The molecule has 6 heteroatoms. The van der Waals surface area contributed by atoms with Gasteiger partial charge in [0.05, 0.1) is 30.4 Å². The highest BCUT2D eigenvalue weighted by molar-refractivity contribution is 5.94. The van der Waals surface area contributed by atoms with Crippen LogP contribution in [0.2, 0.25) is 0 Å². The molecule has 0 aromatic rings. The zero-order valence-electron chi connectivity index (χ0n) is 11.6. The van der Waals surface area contributed by atoms with Gasteiger partial charge in [0.25, 0.3) is 0 Å². The predicted octanol–water partition coefficient (Wildman–Crippen LogP) is 0.842. The second kappa shape index (κ2) is 3.98. The molecule has 110 valence electrons. The van der Waals surface area contributed by atoms with Crippen molar-refractivity contribution >= 4 is 11.9 Å². The van der Waals surface area contributed by atoms with Gasteiger partial charge in [-0.05, 0) is 13.0 Å². The van der Waals surface area contributed by atoms with Gasteiger partial charge in [-0.25, -0.2) is 9.59 Å². The van der Waals surface area contributed by atoms with Crippen molar-refractivity contribution in [1.29, 1.82) is 0 Å². The molecule has 3 heterocycles. The Hall–Kier alpha value is -2.08. The van der Waals surface area contributed by atoms with Crippen molar-refractivity contribution in [2.24, 2.45) is 11.8 Å². The van der Waals surface area contributed by atoms with E-state index in [1.807, 2.05) is 12.2 Å². The smallest absolute Gasteiger partial charge is 0.337 e. The molecule has 5 atom stereocenters. The van der Waals surface area contributed by atoms with Gasteiger partial charge in [-0.2, -0.15) is 0 Å². The summed E-state index contributed by atoms with van der Waals surface area (Å²) in [5, 5.41) is 0. The summed E-state index contributed by atoms with van der Waals surface area (Å²) in [7, 11) is 1.32. The van der Waals surface area contributed by atoms with Gasteiger partial charge in [-0.3, -0.25) is 0 Å². The Kier molecular flexibility index (Phi) is 2.39. The molecule has 0 unspecified atom stereocenters. The van der Waals surface area contributed by atoms with Crippen LogP contribution in [-0.4, -0.2) is 37.0 Å². The first kappa shape index (κ1) is 12.6. The third-order valence-corrected chi connectivity index (χ3v) is 4.65. The third-order valence-electron chi connectivity index (χ3n) is 4.65. The van der Waals surface area contributed by atoms with Gasteiger partial charge in [0.1, 0.15) is 6.10 Å². The summed E-state index contributed by atoms with van der Waals surface area (Å²) >= 11 is 0. The van der Waals surface area contributed by atoms with Crippen LogP contribution < -0.4 is 0 Å². The lowest BCUT2D eigenvalue weighted by Crippen LogP contribution is -2.43. The molecule has 6 nitrogen and oxygen atoms in total. The molecular weight excluding hydrogens is 276 g/mol. The molecule has 0 saturated carbocycles. The van der Waals surface area contributed by atoms with E-state index in [1.54, 1.807) is 13.0 Å². The summed E-state index contributed by atoms with van der Waals surface area (Å²) in [5.74, 6) is -1.31. The minimum atomic E-state index is -0.873. The van der Waals surface area contributed by atoms with Crippen LogP contribution in [0.4, 0.5) is 0 Å². The average molecular weight is 290 g/mol. The molecule has 0 bridgehead atoms. The first-order chi connectivity index (χ1) is 10.1. The van der Waals surface area contributed by atoms with E-state index < -0.39 is 24.0 Å². The van der Waals surface area contributed by atoms with Crippen LogP contribution in [0.3, 0.4) is 0 Å². The van der Waals surface area contributed by atoms with Gasteiger partial charge in [-0.15, -0.1) is 0 Å². The number of carbonyl (C=O) groups is 2. The van der Waals surface area contributed by atoms with Crippen molar-refractivity contribution in [3.63, 3.8) is 0 Å². The SMILES string of the molecule is C/C=C1/C(=O)O[C@]23C=C[C@@H]4C(C(=O)OC)=CO[C@H](O[C@@H]12)[C@@H]43. The van der Waals surface area contributed by atoms with E-state index in [-0.39, 0.29) is 17.8 Å². The molecular formula is C15H14O6. The fraction of sp³-hybridized carbons (Fsp3) is 0.467. The zero-order chi connectivity index (χ0) is 14.8. The number of hydrogen-bond donors (Lipinski definition) is 0. The van der Waals surface area contributed by atoms with E-state index in [4.69, 9.17) is 18.9 Å². The first-order valence-electron chi connectivity index (χ1n) is 6.80.